The van der Waals surface area contributed by atoms with Gasteiger partial charge >= 0.3 is 6.18 Å². The van der Waals surface area contributed by atoms with Crippen LogP contribution < -0.4 is 11.1 Å². The second kappa shape index (κ2) is 9.24. The molecule has 0 spiro atoms. The number of anilines is 1. The minimum Gasteiger partial charge on any atom is -0.381 e. The molecule has 9 nitrogen and oxygen atoms in total. The molecule has 8 rings (SSSR count). The van der Waals surface area contributed by atoms with Crippen molar-refractivity contribution in [1.29, 1.82) is 0 Å². The third kappa shape index (κ3) is 4.67. The summed E-state index contributed by atoms with van der Waals surface area (Å²) < 4.78 is 55.8. The van der Waals surface area contributed by atoms with Gasteiger partial charge in [0.15, 0.2) is 11.5 Å². The van der Waals surface area contributed by atoms with Gasteiger partial charge in [-0.1, -0.05) is 0 Å². The second-order valence-corrected chi connectivity index (χ2v) is 12.1. The molecule has 0 radical (unpaired) electrons. The number of halogens is 4. The van der Waals surface area contributed by atoms with Gasteiger partial charge in [0.1, 0.15) is 17.2 Å². The van der Waals surface area contributed by atoms with E-state index in [9.17, 15) is 22.4 Å². The van der Waals surface area contributed by atoms with Gasteiger partial charge in [-0.3, -0.25) is 14.1 Å². The lowest BCUT2D eigenvalue weighted by atomic mass is 9.39. The fourth-order valence-electron chi connectivity index (χ4n) is 7.04. The van der Waals surface area contributed by atoms with Crippen LogP contribution in [0.15, 0.2) is 55.0 Å². The maximum atomic E-state index is 13.8. The van der Waals surface area contributed by atoms with E-state index in [2.05, 4.69) is 20.3 Å². The van der Waals surface area contributed by atoms with Crippen LogP contribution in [0.4, 0.5) is 23.4 Å². The Kier molecular flexibility index (Phi) is 5.87. The highest BCUT2D eigenvalue weighted by Gasteiger charge is 2.68. The minimum absolute atomic E-state index is 0.0965. The zero-order valence-corrected chi connectivity index (χ0v) is 23.4. The first kappa shape index (κ1) is 27.3. The number of amides is 1. The second-order valence-electron chi connectivity index (χ2n) is 12.1. The summed E-state index contributed by atoms with van der Waals surface area (Å²) in [5.41, 5.74) is 10.3. The van der Waals surface area contributed by atoms with Crippen molar-refractivity contribution >= 4 is 23.0 Å². The van der Waals surface area contributed by atoms with Crippen molar-refractivity contribution in [2.75, 3.05) is 25.9 Å². The topological polar surface area (TPSA) is 106 Å². The lowest BCUT2D eigenvalue weighted by Gasteiger charge is -2.71. The van der Waals surface area contributed by atoms with E-state index in [0.29, 0.717) is 42.8 Å². The van der Waals surface area contributed by atoms with Gasteiger partial charge in [0.05, 0.1) is 17.9 Å². The Bertz CT molecular complexity index is 1890. The van der Waals surface area contributed by atoms with Crippen molar-refractivity contribution in [3.63, 3.8) is 0 Å². The van der Waals surface area contributed by atoms with E-state index in [0.717, 1.165) is 16.9 Å². The van der Waals surface area contributed by atoms with Crippen molar-refractivity contribution in [2.24, 2.45) is 5.41 Å². The Hall–Kier alpha value is -4.52. The molecule has 3 N–H and O–H groups in total. The number of carbonyl (C=O) groups is 1. The van der Waals surface area contributed by atoms with Crippen molar-refractivity contribution < 1.29 is 22.4 Å². The monoisotopic (exact) mass is 592 g/mol. The van der Waals surface area contributed by atoms with E-state index in [1.807, 2.05) is 29.7 Å². The molecule has 13 heteroatoms. The summed E-state index contributed by atoms with van der Waals surface area (Å²) in [7, 11) is 1.47. The standard InChI is InChI=1S/C30H28F4N8O/c1-17-9-36-22-8-5-19(10-41(17)22)24-23(18-3-6-20(31)7-4-18)38-25(35)26-37-21(11-42(24)26)27(43)39-29-12-28(13-29,14-29)15-40(2)16-30(32,33)34/h3-11H,12-16H2,1-2H3,(H2,35,38)(H,39,43). The molecule has 4 heterocycles. The van der Waals surface area contributed by atoms with Crippen LogP contribution in [0.1, 0.15) is 35.4 Å². The Balaban J connectivity index is 1.22. The molecule has 2 bridgehead atoms. The van der Waals surface area contributed by atoms with Crippen LogP contribution >= 0.6 is 0 Å². The highest BCUT2D eigenvalue weighted by Crippen LogP contribution is 2.67. The number of hydrogen-bond donors (Lipinski definition) is 2. The van der Waals surface area contributed by atoms with Gasteiger partial charge in [-0.05, 0) is 75.0 Å². The van der Waals surface area contributed by atoms with E-state index in [-0.39, 0.29) is 22.6 Å². The van der Waals surface area contributed by atoms with Crippen LogP contribution in [0.3, 0.4) is 0 Å². The van der Waals surface area contributed by atoms with Gasteiger partial charge in [0.25, 0.3) is 5.91 Å². The molecule has 4 aromatic heterocycles. The first-order valence-corrected chi connectivity index (χ1v) is 13.8. The van der Waals surface area contributed by atoms with Crippen LogP contribution in [0.2, 0.25) is 0 Å². The molecule has 0 atom stereocenters. The van der Waals surface area contributed by atoms with Crippen LogP contribution in [-0.2, 0) is 0 Å². The normalized spacial score (nSPS) is 21.3. The zero-order chi connectivity index (χ0) is 30.3. The summed E-state index contributed by atoms with van der Waals surface area (Å²) >= 11 is 0. The number of nitrogens with zero attached hydrogens (tertiary/aromatic N) is 6. The quantitative estimate of drug-likeness (QED) is 0.261. The molecule has 1 aromatic carbocycles. The van der Waals surface area contributed by atoms with Crippen LogP contribution in [0.5, 0.6) is 0 Å². The number of benzene rings is 1. The van der Waals surface area contributed by atoms with Gasteiger partial charge in [0.2, 0.25) is 0 Å². The van der Waals surface area contributed by atoms with E-state index in [1.54, 1.807) is 28.9 Å². The van der Waals surface area contributed by atoms with E-state index >= 15 is 0 Å². The molecule has 3 aliphatic carbocycles. The Morgan fingerprint density at radius 3 is 2.44 bits per heavy atom. The molecule has 5 aromatic rings. The van der Waals surface area contributed by atoms with Crippen LogP contribution in [0, 0.1) is 18.2 Å². The summed E-state index contributed by atoms with van der Waals surface area (Å²) in [6.07, 6.45) is 2.89. The molecular weight excluding hydrogens is 564 g/mol. The molecule has 0 aliphatic heterocycles. The summed E-state index contributed by atoms with van der Waals surface area (Å²) in [6.45, 7) is 1.31. The number of imidazole rings is 2. The van der Waals surface area contributed by atoms with Crippen molar-refractivity contribution in [1.82, 2.24) is 34.0 Å². The van der Waals surface area contributed by atoms with Crippen molar-refractivity contribution in [2.45, 2.75) is 37.9 Å². The minimum atomic E-state index is -4.25. The van der Waals surface area contributed by atoms with Crippen molar-refractivity contribution in [3.8, 4) is 22.5 Å². The van der Waals surface area contributed by atoms with Crippen molar-refractivity contribution in [3.05, 3.63) is 72.2 Å². The van der Waals surface area contributed by atoms with Gasteiger partial charge in [-0.2, -0.15) is 13.2 Å². The molecule has 3 fully saturated rings. The highest BCUT2D eigenvalue weighted by molar-refractivity contribution is 5.95. The number of nitrogens with two attached hydrogens (primary N) is 1. The SMILES string of the molecule is Cc1cnc2ccc(-c3c(-c4ccc(F)cc4)nc(N)c4nc(C(=O)NC56CC(CN(C)CC(F)(F)F)(C5)C6)cn34)cn12. The summed E-state index contributed by atoms with van der Waals surface area (Å²) in [5.74, 6) is -0.687. The number of alkyl halides is 3. The molecule has 222 valence electrons. The Labute approximate surface area is 243 Å². The fourth-order valence-corrected chi connectivity index (χ4v) is 7.04. The van der Waals surface area contributed by atoms with Gasteiger partial charge in [-0.15, -0.1) is 0 Å². The third-order valence-electron chi connectivity index (χ3n) is 8.52. The average molecular weight is 593 g/mol. The number of hydrogen-bond acceptors (Lipinski definition) is 6. The number of rotatable bonds is 7. The molecule has 3 saturated carbocycles. The lowest BCUT2D eigenvalue weighted by Crippen LogP contribution is -2.76. The summed E-state index contributed by atoms with van der Waals surface area (Å²) in [4.78, 5) is 28.3. The number of nitrogens with one attached hydrogen (secondary N) is 1. The van der Waals surface area contributed by atoms with Gasteiger partial charge in [-0.25, -0.2) is 19.3 Å². The zero-order valence-electron chi connectivity index (χ0n) is 23.4. The number of aryl methyl sites for hydroxylation is 1. The third-order valence-corrected chi connectivity index (χ3v) is 8.52. The number of nitrogen functional groups attached to an aromatic ring is 1. The molecule has 0 unspecified atom stereocenters. The van der Waals surface area contributed by atoms with E-state index in [4.69, 9.17) is 5.73 Å². The molecule has 3 aliphatic rings. The van der Waals surface area contributed by atoms with E-state index in [1.165, 1.54) is 24.1 Å². The Morgan fingerprint density at radius 2 is 1.74 bits per heavy atom. The maximum absolute atomic E-state index is 13.8. The van der Waals surface area contributed by atoms with E-state index < -0.39 is 30.0 Å². The molecule has 0 saturated heterocycles. The lowest BCUT2D eigenvalue weighted by molar-refractivity contribution is -0.182. The highest BCUT2D eigenvalue weighted by atomic mass is 19.4. The smallest absolute Gasteiger partial charge is 0.381 e. The van der Waals surface area contributed by atoms with Crippen LogP contribution in [0.25, 0.3) is 33.8 Å². The first-order valence-electron chi connectivity index (χ1n) is 13.8. The number of aromatic nitrogens is 5. The Morgan fingerprint density at radius 1 is 1.05 bits per heavy atom. The fraction of sp³-hybridized carbons (Fsp3) is 0.333. The van der Waals surface area contributed by atoms with Gasteiger partial charge < -0.3 is 15.5 Å². The summed E-state index contributed by atoms with van der Waals surface area (Å²) in [5, 5.41) is 3.07. The summed E-state index contributed by atoms with van der Waals surface area (Å²) in [6, 6.07) is 9.67. The average Bonchev–Trinajstić information content (AvgIpc) is 3.50. The maximum Gasteiger partial charge on any atom is 0.401 e. The number of fused-ring (bicyclic) bond motifs is 2. The molecule has 43 heavy (non-hydrogen) atoms. The largest absolute Gasteiger partial charge is 0.401 e. The van der Waals surface area contributed by atoms with Crippen LogP contribution in [-0.4, -0.2) is 66.4 Å². The molecule has 1 amide bonds. The number of carbonyl (C=O) groups excluding carboxylic acids is 1. The predicted molar refractivity (Wildman–Crippen MR) is 152 cm³/mol. The first-order chi connectivity index (χ1) is 20.3. The van der Waals surface area contributed by atoms with Gasteiger partial charge in [0, 0.05) is 47.5 Å². The predicted octanol–water partition coefficient (Wildman–Crippen LogP) is 4.89. The number of pyridine rings is 1. The molecular formula is C30H28F4N8O.